The van der Waals surface area contributed by atoms with E-state index in [-0.39, 0.29) is 17.2 Å². The highest BCUT2D eigenvalue weighted by atomic mass is 16.5. The van der Waals surface area contributed by atoms with Gasteiger partial charge < -0.3 is 24.6 Å². The minimum absolute atomic E-state index is 0.0845. The number of phenolic OH excluding ortho intramolecular Hbond substituents is 1. The standard InChI is InChI=1S/C38H54N2O6/c1-4-6-7-8-9-10-11-12-13-17-25-44-26-19-24-39-37(42)32-27-34(46-30-20-15-14-16-21-30)35-31(36(32)41)22-18-23-33(35)40-38(43)45-28-29(3)5-2/h14-16,18,20-23,27,29,41H,4-13,17,19,24-26,28H2,1-3H3,(H,39,42)(H,40,43). The molecule has 3 aromatic rings. The number of anilines is 1. The Bertz CT molecular complexity index is 1330. The summed E-state index contributed by atoms with van der Waals surface area (Å²) in [6, 6.07) is 15.8. The van der Waals surface area contributed by atoms with Gasteiger partial charge in [0.25, 0.3) is 5.91 Å². The van der Waals surface area contributed by atoms with Crippen LogP contribution in [-0.2, 0) is 9.47 Å². The second kappa shape index (κ2) is 21.1. The van der Waals surface area contributed by atoms with Crippen molar-refractivity contribution in [3.63, 3.8) is 0 Å². The summed E-state index contributed by atoms with van der Waals surface area (Å²) in [4.78, 5) is 25.8. The number of phenols is 1. The molecule has 3 N–H and O–H groups in total. The summed E-state index contributed by atoms with van der Waals surface area (Å²) in [5.41, 5.74) is 0.487. The second-order valence-corrected chi connectivity index (χ2v) is 12.1. The van der Waals surface area contributed by atoms with E-state index in [1.807, 2.05) is 32.0 Å². The lowest BCUT2D eigenvalue weighted by atomic mass is 10.0. The largest absolute Gasteiger partial charge is 0.506 e. The first-order valence-electron chi connectivity index (χ1n) is 17.3. The van der Waals surface area contributed by atoms with E-state index >= 15 is 0 Å². The fraction of sp³-hybridized carbons (Fsp3) is 0.526. The molecular weight excluding hydrogens is 580 g/mol. The number of carbonyl (C=O) groups excluding carboxylic acids is 2. The first kappa shape index (κ1) is 36.7. The van der Waals surface area contributed by atoms with Crippen molar-refractivity contribution in [2.24, 2.45) is 5.92 Å². The lowest BCUT2D eigenvalue weighted by Crippen LogP contribution is -2.25. The number of hydrogen-bond donors (Lipinski definition) is 3. The van der Waals surface area contributed by atoms with Crippen LogP contribution in [0, 0.1) is 5.92 Å². The molecule has 2 amide bonds. The average Bonchev–Trinajstić information content (AvgIpc) is 3.07. The van der Waals surface area contributed by atoms with E-state index in [1.165, 1.54) is 63.9 Å². The van der Waals surface area contributed by atoms with Crippen molar-refractivity contribution in [3.05, 3.63) is 60.2 Å². The van der Waals surface area contributed by atoms with Gasteiger partial charge in [0.15, 0.2) is 0 Å². The fourth-order valence-electron chi connectivity index (χ4n) is 5.15. The number of ether oxygens (including phenoxy) is 3. The minimum atomic E-state index is -0.602. The monoisotopic (exact) mass is 634 g/mol. The predicted octanol–water partition coefficient (Wildman–Crippen LogP) is 9.99. The van der Waals surface area contributed by atoms with Gasteiger partial charge >= 0.3 is 6.09 Å². The lowest BCUT2D eigenvalue weighted by molar-refractivity contribution is 0.0937. The van der Waals surface area contributed by atoms with Gasteiger partial charge in [-0.05, 0) is 43.0 Å². The molecule has 1 unspecified atom stereocenters. The lowest BCUT2D eigenvalue weighted by Gasteiger charge is -2.17. The third kappa shape index (κ3) is 12.5. The van der Waals surface area contributed by atoms with Crippen molar-refractivity contribution in [2.75, 3.05) is 31.7 Å². The third-order valence-electron chi connectivity index (χ3n) is 8.14. The zero-order chi connectivity index (χ0) is 33.0. The Kier molecular flexibility index (Phi) is 16.8. The Hall–Kier alpha value is -3.78. The van der Waals surface area contributed by atoms with Crippen molar-refractivity contribution in [1.82, 2.24) is 5.32 Å². The van der Waals surface area contributed by atoms with Crippen molar-refractivity contribution in [1.29, 1.82) is 0 Å². The normalized spacial score (nSPS) is 11.7. The fourth-order valence-corrected chi connectivity index (χ4v) is 5.15. The summed E-state index contributed by atoms with van der Waals surface area (Å²) in [6.45, 7) is 8.29. The number of unbranched alkanes of at least 4 members (excludes halogenated alkanes) is 9. The zero-order valence-electron chi connectivity index (χ0n) is 28.1. The van der Waals surface area contributed by atoms with Crippen LogP contribution in [0.25, 0.3) is 10.8 Å². The Labute approximate surface area is 275 Å². The van der Waals surface area contributed by atoms with Crippen LogP contribution in [0.15, 0.2) is 54.6 Å². The summed E-state index contributed by atoms with van der Waals surface area (Å²) < 4.78 is 17.4. The summed E-state index contributed by atoms with van der Waals surface area (Å²) in [6.07, 6.45) is 13.9. The van der Waals surface area contributed by atoms with E-state index in [9.17, 15) is 14.7 Å². The van der Waals surface area contributed by atoms with Gasteiger partial charge in [-0.25, -0.2) is 4.79 Å². The third-order valence-corrected chi connectivity index (χ3v) is 8.14. The topological polar surface area (TPSA) is 106 Å². The highest BCUT2D eigenvalue weighted by molar-refractivity contribution is 6.11. The maximum atomic E-state index is 13.2. The molecule has 0 aromatic heterocycles. The van der Waals surface area contributed by atoms with Crippen molar-refractivity contribution in [3.8, 4) is 17.2 Å². The van der Waals surface area contributed by atoms with Crippen LogP contribution < -0.4 is 15.4 Å². The zero-order valence-corrected chi connectivity index (χ0v) is 28.1. The molecule has 0 aliphatic rings. The van der Waals surface area contributed by atoms with Gasteiger partial charge in [-0.3, -0.25) is 10.1 Å². The Morgan fingerprint density at radius 3 is 2.20 bits per heavy atom. The molecule has 0 radical (unpaired) electrons. The van der Waals surface area contributed by atoms with E-state index in [2.05, 4.69) is 17.6 Å². The minimum Gasteiger partial charge on any atom is -0.506 e. The number of para-hydroxylation sites is 1. The number of hydrogen-bond acceptors (Lipinski definition) is 6. The molecule has 1 atom stereocenters. The van der Waals surface area contributed by atoms with Gasteiger partial charge in [0.1, 0.15) is 17.2 Å². The number of carbonyl (C=O) groups is 2. The summed E-state index contributed by atoms with van der Waals surface area (Å²) in [5, 5.41) is 17.7. The summed E-state index contributed by atoms with van der Waals surface area (Å²) in [5.74, 6) is 0.493. The quantitative estimate of drug-likeness (QED) is 0.0950. The first-order valence-corrected chi connectivity index (χ1v) is 17.3. The maximum absolute atomic E-state index is 13.2. The van der Waals surface area contributed by atoms with E-state index in [0.29, 0.717) is 54.1 Å². The molecule has 0 aliphatic carbocycles. The number of fused-ring (bicyclic) bond motifs is 1. The SMILES string of the molecule is CCCCCCCCCCCCOCCCNC(=O)c1cc(Oc2ccccc2)c2c(NC(=O)OCC(C)CC)cccc2c1O. The van der Waals surface area contributed by atoms with Crippen LogP contribution in [0.2, 0.25) is 0 Å². The van der Waals surface area contributed by atoms with Crippen LogP contribution in [0.5, 0.6) is 17.2 Å². The smallest absolute Gasteiger partial charge is 0.411 e. The molecule has 252 valence electrons. The number of benzene rings is 3. The van der Waals surface area contributed by atoms with Crippen molar-refractivity contribution in [2.45, 2.75) is 97.8 Å². The molecule has 46 heavy (non-hydrogen) atoms. The predicted molar refractivity (Wildman–Crippen MR) is 186 cm³/mol. The van der Waals surface area contributed by atoms with E-state index in [4.69, 9.17) is 14.2 Å². The van der Waals surface area contributed by atoms with Gasteiger partial charge in [-0.1, -0.05) is 115 Å². The van der Waals surface area contributed by atoms with Crippen LogP contribution in [0.3, 0.4) is 0 Å². The Balaban J connectivity index is 1.56. The van der Waals surface area contributed by atoms with Crippen molar-refractivity contribution >= 4 is 28.5 Å². The molecular formula is C38H54N2O6. The molecule has 0 saturated heterocycles. The highest BCUT2D eigenvalue weighted by Gasteiger charge is 2.21. The molecule has 3 aromatic carbocycles. The molecule has 0 saturated carbocycles. The van der Waals surface area contributed by atoms with Crippen LogP contribution in [0.1, 0.15) is 108 Å². The van der Waals surface area contributed by atoms with Gasteiger partial charge in [-0.15, -0.1) is 0 Å². The van der Waals surface area contributed by atoms with Gasteiger partial charge in [0, 0.05) is 25.1 Å². The molecule has 0 bridgehead atoms. The molecule has 3 rings (SSSR count). The molecule has 0 spiro atoms. The number of aromatic hydroxyl groups is 1. The summed E-state index contributed by atoms with van der Waals surface area (Å²) >= 11 is 0. The van der Waals surface area contributed by atoms with E-state index in [1.54, 1.807) is 30.3 Å². The Morgan fingerprint density at radius 2 is 1.50 bits per heavy atom. The molecule has 0 heterocycles. The van der Waals surface area contributed by atoms with Crippen LogP contribution in [-0.4, -0.2) is 43.5 Å². The highest BCUT2D eigenvalue weighted by Crippen LogP contribution is 2.42. The summed E-state index contributed by atoms with van der Waals surface area (Å²) in [7, 11) is 0. The number of nitrogens with one attached hydrogen (secondary N) is 2. The van der Waals surface area contributed by atoms with E-state index < -0.39 is 12.0 Å². The van der Waals surface area contributed by atoms with Gasteiger partial charge in [-0.2, -0.15) is 0 Å². The Morgan fingerprint density at radius 1 is 0.826 bits per heavy atom. The molecule has 8 heteroatoms. The molecule has 8 nitrogen and oxygen atoms in total. The maximum Gasteiger partial charge on any atom is 0.411 e. The van der Waals surface area contributed by atoms with Crippen LogP contribution >= 0.6 is 0 Å². The number of amides is 2. The molecule has 0 aliphatic heterocycles. The number of rotatable bonds is 22. The first-order chi connectivity index (χ1) is 22.4. The average molecular weight is 635 g/mol. The van der Waals surface area contributed by atoms with Gasteiger partial charge in [0.05, 0.1) is 23.2 Å². The van der Waals surface area contributed by atoms with E-state index in [0.717, 1.165) is 19.4 Å². The van der Waals surface area contributed by atoms with Crippen molar-refractivity contribution < 1.29 is 28.9 Å². The van der Waals surface area contributed by atoms with Crippen LogP contribution in [0.4, 0.5) is 10.5 Å². The second-order valence-electron chi connectivity index (χ2n) is 12.1. The van der Waals surface area contributed by atoms with Gasteiger partial charge in [0.2, 0.25) is 0 Å². The molecule has 0 fully saturated rings.